The van der Waals surface area contributed by atoms with Gasteiger partial charge in [-0.25, -0.2) is 4.79 Å². The maximum atomic E-state index is 12.4. The first-order chi connectivity index (χ1) is 14.2. The van der Waals surface area contributed by atoms with Gasteiger partial charge in [-0.05, 0) is 48.9 Å². The lowest BCUT2D eigenvalue weighted by molar-refractivity contribution is 0.146. The number of piperidine rings is 1. The van der Waals surface area contributed by atoms with Crippen molar-refractivity contribution in [2.75, 3.05) is 40.3 Å². The zero-order chi connectivity index (χ0) is 20.5. The summed E-state index contributed by atoms with van der Waals surface area (Å²) < 4.78 is 5.47. The van der Waals surface area contributed by atoms with E-state index in [1.807, 2.05) is 54.4 Å². The number of hydrogen-bond donors (Lipinski definition) is 1. The minimum atomic E-state index is -0.00000143. The first-order valence-corrected chi connectivity index (χ1v) is 10.5. The van der Waals surface area contributed by atoms with Crippen molar-refractivity contribution in [3.63, 3.8) is 0 Å². The second kappa shape index (κ2) is 10.9. The molecule has 5 nitrogen and oxygen atoms in total. The zero-order valence-electron chi connectivity index (χ0n) is 17.6. The molecule has 2 amide bonds. The van der Waals surface area contributed by atoms with Crippen molar-refractivity contribution in [1.82, 2.24) is 15.1 Å². The number of ether oxygens (including phenoxy) is 1. The van der Waals surface area contributed by atoms with Crippen molar-refractivity contribution in [2.45, 2.75) is 25.8 Å². The number of urea groups is 1. The van der Waals surface area contributed by atoms with Gasteiger partial charge in [-0.15, -0.1) is 0 Å². The first kappa shape index (κ1) is 21.2. The van der Waals surface area contributed by atoms with Crippen LogP contribution in [0.15, 0.2) is 54.6 Å². The van der Waals surface area contributed by atoms with Gasteiger partial charge in [-0.2, -0.15) is 0 Å². The third-order valence-electron chi connectivity index (χ3n) is 5.66. The molecule has 1 atom stereocenters. The van der Waals surface area contributed by atoms with Crippen LogP contribution in [0.4, 0.5) is 4.79 Å². The van der Waals surface area contributed by atoms with Crippen molar-refractivity contribution in [2.24, 2.45) is 5.92 Å². The number of rotatable bonds is 8. The highest BCUT2D eigenvalue weighted by Gasteiger charge is 2.22. The Morgan fingerprint density at radius 3 is 2.72 bits per heavy atom. The Morgan fingerprint density at radius 2 is 1.93 bits per heavy atom. The number of nitrogens with one attached hydrogen (secondary N) is 1. The highest BCUT2D eigenvalue weighted by Crippen LogP contribution is 2.21. The normalized spacial score (nSPS) is 17.0. The Balaban J connectivity index is 1.43. The molecule has 0 bridgehead atoms. The molecule has 1 fully saturated rings. The van der Waals surface area contributed by atoms with Gasteiger partial charge in [0.05, 0.1) is 7.11 Å². The Bertz CT molecular complexity index is 766. The maximum Gasteiger partial charge on any atom is 0.317 e. The minimum Gasteiger partial charge on any atom is -0.496 e. The van der Waals surface area contributed by atoms with E-state index in [0.717, 1.165) is 43.9 Å². The molecule has 0 saturated carbocycles. The fourth-order valence-electron chi connectivity index (χ4n) is 4.07. The Kier molecular flexibility index (Phi) is 7.94. The Labute approximate surface area is 174 Å². The molecule has 5 heteroatoms. The quantitative estimate of drug-likeness (QED) is 0.740. The second-order valence-corrected chi connectivity index (χ2v) is 7.90. The van der Waals surface area contributed by atoms with E-state index in [-0.39, 0.29) is 6.03 Å². The van der Waals surface area contributed by atoms with Gasteiger partial charge in [0.25, 0.3) is 0 Å². The smallest absolute Gasteiger partial charge is 0.317 e. The van der Waals surface area contributed by atoms with Gasteiger partial charge in [0, 0.05) is 33.2 Å². The van der Waals surface area contributed by atoms with Crippen molar-refractivity contribution in [1.29, 1.82) is 0 Å². The highest BCUT2D eigenvalue weighted by atomic mass is 16.5. The summed E-state index contributed by atoms with van der Waals surface area (Å²) in [4.78, 5) is 16.8. The summed E-state index contributed by atoms with van der Waals surface area (Å²) in [5.74, 6) is 1.49. The summed E-state index contributed by atoms with van der Waals surface area (Å²) in [6, 6.07) is 18.3. The van der Waals surface area contributed by atoms with Crippen LogP contribution in [0.2, 0.25) is 0 Å². The van der Waals surface area contributed by atoms with Crippen LogP contribution in [-0.4, -0.2) is 56.2 Å². The van der Waals surface area contributed by atoms with Gasteiger partial charge < -0.3 is 19.9 Å². The predicted octanol–water partition coefficient (Wildman–Crippen LogP) is 3.79. The molecule has 1 heterocycles. The summed E-state index contributed by atoms with van der Waals surface area (Å²) in [5.41, 5.74) is 2.38. The first-order valence-electron chi connectivity index (χ1n) is 10.5. The van der Waals surface area contributed by atoms with Crippen LogP contribution in [0, 0.1) is 5.92 Å². The molecule has 2 aromatic rings. The number of hydrogen-bond acceptors (Lipinski definition) is 3. The van der Waals surface area contributed by atoms with Gasteiger partial charge in [-0.3, -0.25) is 0 Å². The molecule has 29 heavy (non-hydrogen) atoms. The second-order valence-electron chi connectivity index (χ2n) is 7.90. The molecular weight excluding hydrogens is 362 g/mol. The van der Waals surface area contributed by atoms with Gasteiger partial charge in [0.2, 0.25) is 0 Å². The molecule has 0 radical (unpaired) electrons. The fourth-order valence-corrected chi connectivity index (χ4v) is 4.07. The highest BCUT2D eigenvalue weighted by molar-refractivity contribution is 5.73. The summed E-state index contributed by atoms with van der Waals surface area (Å²) in [6.07, 6.45) is 3.36. The number of likely N-dealkylation sites (tertiary alicyclic amines) is 1. The van der Waals surface area contributed by atoms with E-state index in [4.69, 9.17) is 4.74 Å². The number of carbonyl (C=O) groups excluding carboxylic acids is 1. The molecule has 1 saturated heterocycles. The summed E-state index contributed by atoms with van der Waals surface area (Å²) in [5, 5.41) is 3.02. The van der Waals surface area contributed by atoms with Crippen LogP contribution in [0.5, 0.6) is 5.75 Å². The molecule has 156 valence electrons. The van der Waals surface area contributed by atoms with E-state index in [2.05, 4.69) is 22.3 Å². The van der Waals surface area contributed by atoms with Gasteiger partial charge in [0.1, 0.15) is 5.75 Å². The topological polar surface area (TPSA) is 44.8 Å². The van der Waals surface area contributed by atoms with Crippen LogP contribution < -0.4 is 10.1 Å². The molecule has 1 aliphatic rings. The van der Waals surface area contributed by atoms with E-state index in [9.17, 15) is 4.79 Å². The van der Waals surface area contributed by atoms with Gasteiger partial charge >= 0.3 is 6.03 Å². The maximum absolute atomic E-state index is 12.4. The minimum absolute atomic E-state index is 0.00000143. The van der Waals surface area contributed by atoms with Crippen molar-refractivity contribution in [3.8, 4) is 5.75 Å². The number of methoxy groups -OCH3 is 1. The Hall–Kier alpha value is -2.53. The molecule has 3 rings (SSSR count). The summed E-state index contributed by atoms with van der Waals surface area (Å²) in [6.45, 7) is 4.58. The van der Waals surface area contributed by atoms with E-state index in [1.165, 1.54) is 18.4 Å². The van der Waals surface area contributed by atoms with E-state index >= 15 is 0 Å². The Morgan fingerprint density at radius 1 is 1.17 bits per heavy atom. The number of amides is 2. The lowest BCUT2D eigenvalue weighted by Crippen LogP contribution is -2.44. The average molecular weight is 396 g/mol. The van der Waals surface area contributed by atoms with E-state index in [1.54, 1.807) is 7.11 Å². The zero-order valence-corrected chi connectivity index (χ0v) is 17.6. The summed E-state index contributed by atoms with van der Waals surface area (Å²) in [7, 11) is 3.63. The summed E-state index contributed by atoms with van der Waals surface area (Å²) >= 11 is 0. The van der Waals surface area contributed by atoms with Gasteiger partial charge in [-0.1, -0.05) is 48.5 Å². The molecule has 0 spiro atoms. The van der Waals surface area contributed by atoms with Gasteiger partial charge in [0.15, 0.2) is 0 Å². The van der Waals surface area contributed by atoms with Crippen LogP contribution in [0.3, 0.4) is 0 Å². The molecule has 1 N–H and O–H groups in total. The number of para-hydroxylation sites is 1. The fraction of sp³-hybridized carbons (Fsp3) is 0.458. The standard InChI is InChI=1S/C24H33N3O2/c1-26(24(28)25-17-20-9-4-3-5-10-20)18-21-11-8-15-27(19-21)16-14-22-12-6-7-13-23(22)29-2/h3-7,9-10,12-13,21H,8,11,14-19H2,1-2H3,(H,25,28)/t21-/m1/s1. The lowest BCUT2D eigenvalue weighted by Gasteiger charge is -2.34. The molecule has 0 unspecified atom stereocenters. The van der Waals surface area contributed by atoms with Crippen molar-refractivity contribution < 1.29 is 9.53 Å². The van der Waals surface area contributed by atoms with Crippen LogP contribution in [-0.2, 0) is 13.0 Å². The van der Waals surface area contributed by atoms with Crippen molar-refractivity contribution >= 4 is 6.03 Å². The predicted molar refractivity (Wildman–Crippen MR) is 117 cm³/mol. The van der Waals surface area contributed by atoms with E-state index in [0.29, 0.717) is 12.5 Å². The van der Waals surface area contributed by atoms with Crippen LogP contribution in [0.25, 0.3) is 0 Å². The van der Waals surface area contributed by atoms with Crippen LogP contribution >= 0.6 is 0 Å². The largest absolute Gasteiger partial charge is 0.496 e. The van der Waals surface area contributed by atoms with E-state index < -0.39 is 0 Å². The third-order valence-corrected chi connectivity index (χ3v) is 5.66. The number of carbonyl (C=O) groups is 1. The molecule has 0 aromatic heterocycles. The number of benzene rings is 2. The molecule has 2 aromatic carbocycles. The third kappa shape index (κ3) is 6.50. The number of nitrogens with zero attached hydrogens (tertiary/aromatic N) is 2. The van der Waals surface area contributed by atoms with Crippen LogP contribution in [0.1, 0.15) is 24.0 Å². The van der Waals surface area contributed by atoms with Crippen molar-refractivity contribution in [3.05, 3.63) is 65.7 Å². The molecule has 1 aliphatic heterocycles. The SMILES string of the molecule is COc1ccccc1CCN1CCC[C@H](CN(C)C(=O)NCc2ccccc2)C1. The molecule has 0 aliphatic carbocycles. The monoisotopic (exact) mass is 395 g/mol. The average Bonchev–Trinajstić information content (AvgIpc) is 2.77. The molecular formula is C24H33N3O2. The lowest BCUT2D eigenvalue weighted by atomic mass is 9.97.